The zero-order chi connectivity index (χ0) is 9.78. The Labute approximate surface area is 71.7 Å². The maximum absolute atomic E-state index is 8.49. The van der Waals surface area contributed by atoms with Gasteiger partial charge in [-0.3, -0.25) is 0 Å². The lowest BCUT2D eigenvalue weighted by atomic mass is 10.9. The van der Waals surface area contributed by atoms with E-state index in [9.17, 15) is 0 Å². The number of halogens is 1. The zero-order valence-electron chi connectivity index (χ0n) is 6.64. The van der Waals surface area contributed by atoms with Gasteiger partial charge in [-0.2, -0.15) is 0 Å². The van der Waals surface area contributed by atoms with E-state index in [1.165, 1.54) is 0 Å². The van der Waals surface area contributed by atoms with Crippen LogP contribution in [0, 0.1) is 10.2 Å². The molecule has 0 aliphatic carbocycles. The lowest BCUT2D eigenvalue weighted by Crippen LogP contribution is -2.68. The monoisotopic (exact) mass is 196 g/mol. The quantitative estimate of drug-likeness (QED) is 0.388. The summed E-state index contributed by atoms with van der Waals surface area (Å²) in [6.45, 7) is 0. The van der Waals surface area contributed by atoms with Crippen LogP contribution >= 0.6 is 0 Å². The fourth-order valence-corrected chi connectivity index (χ4v) is 0.575. The van der Waals surface area contributed by atoms with Gasteiger partial charge in [0.25, 0.3) is 0 Å². The number of nitrogens with zero attached hydrogens (tertiary/aromatic N) is 2. The van der Waals surface area contributed by atoms with Gasteiger partial charge in [0.1, 0.15) is 12.4 Å². The number of hydrogen-bond acceptors (Lipinski definition) is 4. The Morgan fingerprint density at radius 2 is 1.67 bits per heavy atom. The molecule has 12 heavy (non-hydrogen) atoms. The molecule has 6 nitrogen and oxygen atoms in total. The van der Waals surface area contributed by atoms with Crippen molar-refractivity contribution < 1.29 is 33.4 Å². The summed E-state index contributed by atoms with van der Waals surface area (Å²) in [4.78, 5) is 0. The smallest absolute Gasteiger partial charge is 0.240 e. The molecular weight excluding hydrogens is 188 g/mol. The van der Waals surface area contributed by atoms with Gasteiger partial charge >= 0.3 is 0 Å². The Bertz CT molecular complexity index is 209. The standard InChI is InChI=1S/C5H9N2.ClHO4/c1-6-3-4-7(2)5-6;2-1(3,4)5/h3-5H,1-2H3;(H,2,3,4,5)/q+1;/p-1. The predicted molar refractivity (Wildman–Crippen MR) is 26.6 cm³/mol. The average molecular weight is 197 g/mol. The molecule has 70 valence electrons. The molecule has 1 heterocycles. The number of imidazole rings is 1. The summed E-state index contributed by atoms with van der Waals surface area (Å²) in [5, 5.41) is 0. The molecule has 1 aromatic rings. The second kappa shape index (κ2) is 4.39. The van der Waals surface area contributed by atoms with E-state index in [0.717, 1.165) is 0 Å². The first-order chi connectivity index (χ1) is 5.29. The van der Waals surface area contributed by atoms with Crippen molar-refractivity contribution in [2.45, 2.75) is 0 Å². The summed E-state index contributed by atoms with van der Waals surface area (Å²) in [5.41, 5.74) is 0. The van der Waals surface area contributed by atoms with Gasteiger partial charge in [0.05, 0.1) is 14.1 Å². The highest BCUT2D eigenvalue weighted by Gasteiger charge is 1.87. The van der Waals surface area contributed by atoms with Crippen LogP contribution in [0.4, 0.5) is 0 Å². The Kier molecular flexibility index (Phi) is 4.15. The van der Waals surface area contributed by atoms with E-state index < -0.39 is 10.2 Å². The van der Waals surface area contributed by atoms with Crippen LogP contribution in [0.15, 0.2) is 18.7 Å². The summed E-state index contributed by atoms with van der Waals surface area (Å²) in [6.07, 6.45) is 6.00. The Morgan fingerprint density at radius 1 is 1.25 bits per heavy atom. The van der Waals surface area contributed by atoms with E-state index in [1.54, 1.807) is 0 Å². The van der Waals surface area contributed by atoms with Gasteiger partial charge < -0.3 is 0 Å². The molecule has 0 saturated carbocycles. The van der Waals surface area contributed by atoms with Crippen LogP contribution in [0.1, 0.15) is 0 Å². The van der Waals surface area contributed by atoms with Gasteiger partial charge in [-0.1, -0.05) is 0 Å². The first-order valence-corrected chi connectivity index (χ1v) is 4.11. The second-order valence-corrected chi connectivity index (χ2v) is 2.88. The molecule has 0 atom stereocenters. The third-order valence-corrected chi connectivity index (χ3v) is 0.901. The lowest BCUT2D eigenvalue weighted by molar-refractivity contribution is -2.00. The van der Waals surface area contributed by atoms with Crippen molar-refractivity contribution >= 4 is 0 Å². The minimum absolute atomic E-state index is 2.00. The highest BCUT2D eigenvalue weighted by molar-refractivity contribution is 4.60. The van der Waals surface area contributed by atoms with Crippen molar-refractivity contribution in [1.29, 1.82) is 0 Å². The van der Waals surface area contributed by atoms with Crippen LogP contribution in [0.2, 0.25) is 0 Å². The van der Waals surface area contributed by atoms with E-state index in [4.69, 9.17) is 18.6 Å². The third kappa shape index (κ3) is 9.34. The molecule has 1 aromatic heterocycles. The molecule has 1 rings (SSSR count). The Morgan fingerprint density at radius 3 is 1.75 bits per heavy atom. The number of aromatic nitrogens is 2. The lowest BCUT2D eigenvalue weighted by Gasteiger charge is -2.17. The maximum Gasteiger partial charge on any atom is 0.243 e. The molecule has 0 aromatic carbocycles. The van der Waals surface area contributed by atoms with Gasteiger partial charge in [-0.15, -0.1) is 10.2 Å². The molecule has 0 fully saturated rings. The summed E-state index contributed by atoms with van der Waals surface area (Å²) in [7, 11) is -0.944. The van der Waals surface area contributed by atoms with Crippen molar-refractivity contribution in [3.63, 3.8) is 0 Å². The molecular formula is C5H9ClN2O4. The average Bonchev–Trinajstić information content (AvgIpc) is 2.09. The van der Waals surface area contributed by atoms with Crippen molar-refractivity contribution in [3.8, 4) is 0 Å². The minimum Gasteiger partial charge on any atom is -0.240 e. The van der Waals surface area contributed by atoms with Gasteiger partial charge in [0, 0.05) is 0 Å². The highest BCUT2D eigenvalue weighted by atomic mass is 35.7. The van der Waals surface area contributed by atoms with Crippen LogP contribution in [0.3, 0.4) is 0 Å². The first kappa shape index (κ1) is 11.3. The van der Waals surface area contributed by atoms with Crippen LogP contribution < -0.4 is 23.2 Å². The summed E-state index contributed by atoms with van der Waals surface area (Å²) in [5.74, 6) is 0. The number of hydrogen-bond donors (Lipinski definition) is 0. The Balaban J connectivity index is 0.000000217. The molecule has 0 unspecified atom stereocenters. The second-order valence-electron chi connectivity index (χ2n) is 2.12. The normalized spacial score (nSPS) is 10.5. The summed E-state index contributed by atoms with van der Waals surface area (Å²) < 4.78 is 38.0. The minimum atomic E-state index is -4.94. The van der Waals surface area contributed by atoms with Crippen LogP contribution in [0.25, 0.3) is 0 Å². The van der Waals surface area contributed by atoms with Crippen molar-refractivity contribution in [3.05, 3.63) is 18.7 Å². The summed E-state index contributed by atoms with van der Waals surface area (Å²) >= 11 is 0. The Hall–Kier alpha value is -0.660. The summed E-state index contributed by atoms with van der Waals surface area (Å²) in [6, 6.07) is 0. The fraction of sp³-hybridized carbons (Fsp3) is 0.400. The van der Waals surface area contributed by atoms with Gasteiger partial charge in [0.2, 0.25) is 6.33 Å². The van der Waals surface area contributed by atoms with E-state index in [0.29, 0.717) is 0 Å². The molecule has 0 amide bonds. The number of rotatable bonds is 0. The van der Waals surface area contributed by atoms with E-state index in [-0.39, 0.29) is 0 Å². The van der Waals surface area contributed by atoms with E-state index >= 15 is 0 Å². The van der Waals surface area contributed by atoms with Crippen LogP contribution in [-0.2, 0) is 14.1 Å². The van der Waals surface area contributed by atoms with Gasteiger partial charge in [-0.25, -0.2) is 27.8 Å². The number of aryl methyl sites for hydroxylation is 2. The fourth-order valence-electron chi connectivity index (χ4n) is 0.575. The SMILES string of the molecule is Cn1cc[n+](C)c1.[O-][Cl+3]([O-])([O-])[O-]. The topological polar surface area (TPSA) is 101 Å². The molecule has 0 saturated heterocycles. The molecule has 0 radical (unpaired) electrons. The highest BCUT2D eigenvalue weighted by Crippen LogP contribution is 1.70. The first-order valence-electron chi connectivity index (χ1n) is 2.88. The largest absolute Gasteiger partial charge is 0.243 e. The molecule has 0 aliphatic rings. The van der Waals surface area contributed by atoms with Crippen LogP contribution in [-0.4, -0.2) is 4.57 Å². The molecule has 0 aliphatic heterocycles. The van der Waals surface area contributed by atoms with Gasteiger partial charge in [-0.05, 0) is 0 Å². The molecule has 7 heteroatoms. The van der Waals surface area contributed by atoms with Crippen molar-refractivity contribution in [1.82, 2.24) is 4.57 Å². The van der Waals surface area contributed by atoms with Crippen LogP contribution in [0.5, 0.6) is 0 Å². The molecule has 0 spiro atoms. The van der Waals surface area contributed by atoms with Gasteiger partial charge in [0.15, 0.2) is 0 Å². The molecule has 0 N–H and O–H groups in total. The predicted octanol–water partition coefficient (Wildman–Crippen LogP) is -4.91. The van der Waals surface area contributed by atoms with Crippen molar-refractivity contribution in [2.24, 2.45) is 14.1 Å². The zero-order valence-corrected chi connectivity index (χ0v) is 7.39. The van der Waals surface area contributed by atoms with E-state index in [2.05, 4.69) is 0 Å². The molecule has 0 bridgehead atoms. The third-order valence-electron chi connectivity index (χ3n) is 0.901. The van der Waals surface area contributed by atoms with E-state index in [1.807, 2.05) is 42.0 Å². The van der Waals surface area contributed by atoms with Crippen molar-refractivity contribution in [2.75, 3.05) is 0 Å². The maximum atomic E-state index is 8.49.